The summed E-state index contributed by atoms with van der Waals surface area (Å²) < 4.78 is 0. The van der Waals surface area contributed by atoms with Gasteiger partial charge in [-0.25, -0.2) is 4.79 Å². The van der Waals surface area contributed by atoms with E-state index in [1.165, 1.54) is 0 Å². The van der Waals surface area contributed by atoms with Crippen molar-refractivity contribution in [1.82, 2.24) is 0 Å². The minimum Gasteiger partial charge on any atom is -0.478 e. The predicted octanol–water partition coefficient (Wildman–Crippen LogP) is 4.00. The van der Waals surface area contributed by atoms with Gasteiger partial charge in [0.1, 0.15) is 0 Å². The van der Waals surface area contributed by atoms with Crippen LogP contribution in [0, 0.1) is 6.92 Å². The number of rotatable bonds is 1. The smallest absolute Gasteiger partial charge is 0.336 e. The molecule has 88 valence electrons. The fraction of sp³-hybridized carbons (Fsp3) is 0.0625. The number of carboxylic acid groups (broad SMARTS) is 1. The third-order valence-corrected chi connectivity index (χ3v) is 3.19. The van der Waals surface area contributed by atoms with Crippen molar-refractivity contribution in [2.45, 2.75) is 6.92 Å². The van der Waals surface area contributed by atoms with Crippen molar-refractivity contribution in [3.63, 3.8) is 0 Å². The molecule has 0 bridgehead atoms. The number of hydrogen-bond acceptors (Lipinski definition) is 1. The maximum atomic E-state index is 11.3. The van der Waals surface area contributed by atoms with Crippen LogP contribution in [0.3, 0.4) is 0 Å². The molecule has 3 rings (SSSR count). The number of aryl methyl sites for hydroxylation is 1. The molecular formula is C16H12O2. The predicted molar refractivity (Wildman–Crippen MR) is 73.2 cm³/mol. The van der Waals surface area contributed by atoms with Gasteiger partial charge in [0.05, 0.1) is 5.56 Å². The van der Waals surface area contributed by atoms with Gasteiger partial charge in [-0.15, -0.1) is 0 Å². The lowest BCUT2D eigenvalue weighted by atomic mass is 9.98. The van der Waals surface area contributed by atoms with E-state index in [2.05, 4.69) is 0 Å². The quantitative estimate of drug-likeness (QED) is 0.648. The molecule has 0 heterocycles. The highest BCUT2D eigenvalue weighted by Gasteiger charge is 2.10. The molecule has 0 amide bonds. The summed E-state index contributed by atoms with van der Waals surface area (Å²) in [5.74, 6) is -0.876. The molecule has 0 radical (unpaired) electrons. The van der Waals surface area contributed by atoms with Crippen LogP contribution < -0.4 is 0 Å². The Bertz CT molecular complexity index is 772. The second kappa shape index (κ2) is 3.84. The molecule has 0 saturated heterocycles. The van der Waals surface area contributed by atoms with Crippen LogP contribution in [-0.4, -0.2) is 11.1 Å². The number of carboxylic acids is 1. The minimum absolute atomic E-state index is 0.371. The lowest BCUT2D eigenvalue weighted by molar-refractivity contribution is 0.0699. The second-order valence-electron chi connectivity index (χ2n) is 4.54. The molecule has 2 nitrogen and oxygen atoms in total. The Balaban J connectivity index is 2.49. The molecular weight excluding hydrogens is 224 g/mol. The third-order valence-electron chi connectivity index (χ3n) is 3.19. The van der Waals surface area contributed by atoms with Gasteiger partial charge in [0.15, 0.2) is 0 Å². The van der Waals surface area contributed by atoms with Crippen LogP contribution in [0.25, 0.3) is 21.5 Å². The van der Waals surface area contributed by atoms with Crippen LogP contribution in [0.1, 0.15) is 15.9 Å². The van der Waals surface area contributed by atoms with Gasteiger partial charge < -0.3 is 5.11 Å². The molecule has 1 N–H and O–H groups in total. The van der Waals surface area contributed by atoms with Crippen LogP contribution in [0.5, 0.6) is 0 Å². The molecule has 3 aromatic rings. The highest BCUT2D eigenvalue weighted by atomic mass is 16.4. The second-order valence-corrected chi connectivity index (χ2v) is 4.54. The van der Waals surface area contributed by atoms with Crippen molar-refractivity contribution < 1.29 is 9.90 Å². The highest BCUT2D eigenvalue weighted by Crippen LogP contribution is 2.26. The molecule has 0 aliphatic rings. The van der Waals surface area contributed by atoms with Gasteiger partial charge >= 0.3 is 5.97 Å². The molecule has 0 spiro atoms. The van der Waals surface area contributed by atoms with E-state index >= 15 is 0 Å². The van der Waals surface area contributed by atoms with E-state index in [9.17, 15) is 9.90 Å². The zero-order chi connectivity index (χ0) is 12.7. The maximum absolute atomic E-state index is 11.3. The Hall–Kier alpha value is -2.35. The average Bonchev–Trinajstić information content (AvgIpc) is 2.35. The molecule has 0 unspecified atom stereocenters. The first-order chi connectivity index (χ1) is 8.65. The van der Waals surface area contributed by atoms with Crippen LogP contribution in [0.15, 0.2) is 48.5 Å². The van der Waals surface area contributed by atoms with Gasteiger partial charge in [-0.2, -0.15) is 0 Å². The molecule has 0 aromatic heterocycles. The summed E-state index contributed by atoms with van der Waals surface area (Å²) in [6, 6.07) is 15.7. The van der Waals surface area contributed by atoms with Gasteiger partial charge in [-0.05, 0) is 52.2 Å². The summed E-state index contributed by atoms with van der Waals surface area (Å²) in [6.07, 6.45) is 0. The number of carbonyl (C=O) groups is 1. The average molecular weight is 236 g/mol. The number of benzene rings is 3. The summed E-state index contributed by atoms with van der Waals surface area (Å²) in [6.45, 7) is 1.92. The molecule has 0 fully saturated rings. The van der Waals surface area contributed by atoms with Crippen LogP contribution >= 0.6 is 0 Å². The molecule has 0 saturated carbocycles. The van der Waals surface area contributed by atoms with Crippen molar-refractivity contribution in [2.75, 3.05) is 0 Å². The Kier molecular flexibility index (Phi) is 2.30. The van der Waals surface area contributed by atoms with Crippen LogP contribution in [0.4, 0.5) is 0 Å². The first-order valence-electron chi connectivity index (χ1n) is 5.81. The summed E-state index contributed by atoms with van der Waals surface area (Å²) in [7, 11) is 0. The zero-order valence-electron chi connectivity index (χ0n) is 9.97. The fourth-order valence-corrected chi connectivity index (χ4v) is 2.38. The van der Waals surface area contributed by atoms with Gasteiger partial charge in [0, 0.05) is 0 Å². The van der Waals surface area contributed by atoms with Gasteiger partial charge in [0.25, 0.3) is 0 Å². The lowest BCUT2D eigenvalue weighted by Crippen LogP contribution is -1.98. The number of aromatic carboxylic acids is 1. The summed E-state index contributed by atoms with van der Waals surface area (Å²) in [5.41, 5.74) is 1.34. The number of hydrogen-bond donors (Lipinski definition) is 1. The first kappa shape index (κ1) is 10.8. The van der Waals surface area contributed by atoms with Crippen LogP contribution in [-0.2, 0) is 0 Å². The Morgan fingerprint density at radius 1 is 0.944 bits per heavy atom. The first-order valence-corrected chi connectivity index (χ1v) is 5.81. The van der Waals surface area contributed by atoms with Crippen LogP contribution in [0.2, 0.25) is 0 Å². The number of fused-ring (bicyclic) bond motifs is 2. The normalized spacial score (nSPS) is 10.9. The minimum atomic E-state index is -0.876. The molecule has 2 heteroatoms. The molecule has 0 atom stereocenters. The van der Waals surface area contributed by atoms with Gasteiger partial charge in [0.2, 0.25) is 0 Å². The molecule has 3 aromatic carbocycles. The van der Waals surface area contributed by atoms with Crippen molar-refractivity contribution in [3.05, 3.63) is 59.7 Å². The Morgan fingerprint density at radius 2 is 1.61 bits per heavy atom. The summed E-state index contributed by atoms with van der Waals surface area (Å²) in [5, 5.41) is 13.3. The SMILES string of the molecule is Cc1cc(C(=O)O)c2cc3ccccc3cc2c1. The van der Waals surface area contributed by atoms with E-state index < -0.39 is 5.97 Å². The van der Waals surface area contributed by atoms with Crippen molar-refractivity contribution in [1.29, 1.82) is 0 Å². The molecule has 0 aliphatic carbocycles. The van der Waals surface area contributed by atoms with Gasteiger partial charge in [-0.1, -0.05) is 30.3 Å². The van der Waals surface area contributed by atoms with Crippen molar-refractivity contribution in [2.24, 2.45) is 0 Å². The maximum Gasteiger partial charge on any atom is 0.336 e. The monoisotopic (exact) mass is 236 g/mol. The summed E-state index contributed by atoms with van der Waals surface area (Å²) >= 11 is 0. The topological polar surface area (TPSA) is 37.3 Å². The Morgan fingerprint density at radius 3 is 2.28 bits per heavy atom. The van der Waals surface area contributed by atoms with E-state index in [1.807, 2.05) is 49.4 Å². The van der Waals surface area contributed by atoms with E-state index in [0.29, 0.717) is 5.56 Å². The Labute approximate surface area is 104 Å². The summed E-state index contributed by atoms with van der Waals surface area (Å²) in [4.78, 5) is 11.3. The van der Waals surface area contributed by atoms with E-state index in [0.717, 1.165) is 27.1 Å². The molecule has 0 aliphatic heterocycles. The van der Waals surface area contributed by atoms with E-state index in [-0.39, 0.29) is 0 Å². The van der Waals surface area contributed by atoms with Crippen molar-refractivity contribution in [3.8, 4) is 0 Å². The zero-order valence-corrected chi connectivity index (χ0v) is 9.97. The van der Waals surface area contributed by atoms with Crippen molar-refractivity contribution >= 4 is 27.5 Å². The standard InChI is InChI=1S/C16H12O2/c1-10-6-13-8-11-4-2-3-5-12(11)9-14(13)15(7-10)16(17)18/h2-9H,1H3,(H,17,18). The highest BCUT2D eigenvalue weighted by molar-refractivity contribution is 6.08. The van der Waals surface area contributed by atoms with E-state index in [1.54, 1.807) is 6.07 Å². The third kappa shape index (κ3) is 1.63. The lowest BCUT2D eigenvalue weighted by Gasteiger charge is -2.07. The largest absolute Gasteiger partial charge is 0.478 e. The fourth-order valence-electron chi connectivity index (χ4n) is 2.38. The molecule has 18 heavy (non-hydrogen) atoms. The van der Waals surface area contributed by atoms with Gasteiger partial charge in [-0.3, -0.25) is 0 Å². The van der Waals surface area contributed by atoms with E-state index in [4.69, 9.17) is 0 Å².